The van der Waals surface area contributed by atoms with Gasteiger partial charge in [-0.05, 0) is 12.5 Å². The molecule has 0 fully saturated rings. The Morgan fingerprint density at radius 2 is 2.05 bits per heavy atom. The minimum Gasteiger partial charge on any atom is -0.365 e. The highest BCUT2D eigenvalue weighted by molar-refractivity contribution is 5.56. The molecule has 0 aliphatic heterocycles. The van der Waals surface area contributed by atoms with Gasteiger partial charge in [-0.3, -0.25) is 4.79 Å². The Labute approximate surface area is 117 Å². The van der Waals surface area contributed by atoms with Gasteiger partial charge in [0, 0.05) is 20.1 Å². The van der Waals surface area contributed by atoms with Gasteiger partial charge >= 0.3 is 0 Å². The Bertz CT molecular complexity index is 685. The SMILES string of the molecule is CCN(Cc1ccccc1)c1cnn(C)c(=O)c1C#N. The van der Waals surface area contributed by atoms with Crippen molar-refractivity contribution >= 4 is 5.69 Å². The number of nitriles is 1. The number of aryl methyl sites for hydroxylation is 1. The van der Waals surface area contributed by atoms with E-state index in [1.54, 1.807) is 13.2 Å². The van der Waals surface area contributed by atoms with Crippen molar-refractivity contribution in [3.8, 4) is 6.07 Å². The zero-order valence-corrected chi connectivity index (χ0v) is 11.6. The van der Waals surface area contributed by atoms with Gasteiger partial charge in [0.1, 0.15) is 11.6 Å². The predicted molar refractivity (Wildman–Crippen MR) is 77.4 cm³/mol. The topological polar surface area (TPSA) is 61.9 Å². The Balaban J connectivity index is 2.41. The molecule has 5 nitrogen and oxygen atoms in total. The highest BCUT2D eigenvalue weighted by Gasteiger charge is 2.15. The van der Waals surface area contributed by atoms with E-state index in [2.05, 4.69) is 5.10 Å². The number of aromatic nitrogens is 2. The van der Waals surface area contributed by atoms with E-state index < -0.39 is 0 Å². The van der Waals surface area contributed by atoms with Gasteiger partial charge in [0.05, 0.1) is 11.9 Å². The van der Waals surface area contributed by atoms with E-state index in [-0.39, 0.29) is 11.1 Å². The fourth-order valence-corrected chi connectivity index (χ4v) is 2.05. The monoisotopic (exact) mass is 268 g/mol. The van der Waals surface area contributed by atoms with Crippen molar-refractivity contribution in [2.45, 2.75) is 13.5 Å². The first-order valence-electron chi connectivity index (χ1n) is 6.42. The van der Waals surface area contributed by atoms with E-state index in [1.165, 1.54) is 4.68 Å². The van der Waals surface area contributed by atoms with Gasteiger partial charge in [0.15, 0.2) is 0 Å². The van der Waals surface area contributed by atoms with Crippen molar-refractivity contribution < 1.29 is 0 Å². The highest BCUT2D eigenvalue weighted by Crippen LogP contribution is 2.18. The van der Waals surface area contributed by atoms with Crippen LogP contribution in [0, 0.1) is 11.3 Å². The Hall–Kier alpha value is -2.61. The van der Waals surface area contributed by atoms with Crippen LogP contribution in [-0.4, -0.2) is 16.3 Å². The third-order valence-electron chi connectivity index (χ3n) is 3.17. The molecule has 0 spiro atoms. The number of rotatable bonds is 4. The van der Waals surface area contributed by atoms with E-state index in [0.29, 0.717) is 18.8 Å². The lowest BCUT2D eigenvalue weighted by atomic mass is 10.2. The summed E-state index contributed by atoms with van der Waals surface area (Å²) in [6.07, 6.45) is 1.58. The van der Waals surface area contributed by atoms with Gasteiger partial charge in [-0.15, -0.1) is 0 Å². The molecule has 2 rings (SSSR count). The van der Waals surface area contributed by atoms with Crippen molar-refractivity contribution in [2.24, 2.45) is 7.05 Å². The van der Waals surface area contributed by atoms with E-state index in [1.807, 2.05) is 48.2 Å². The van der Waals surface area contributed by atoms with Gasteiger partial charge in [-0.1, -0.05) is 30.3 Å². The molecule has 0 radical (unpaired) electrons. The van der Waals surface area contributed by atoms with E-state index in [9.17, 15) is 10.1 Å². The van der Waals surface area contributed by atoms with Crippen LogP contribution in [0.5, 0.6) is 0 Å². The highest BCUT2D eigenvalue weighted by atomic mass is 16.1. The van der Waals surface area contributed by atoms with Crippen LogP contribution in [0.2, 0.25) is 0 Å². The van der Waals surface area contributed by atoms with Gasteiger partial charge < -0.3 is 4.90 Å². The van der Waals surface area contributed by atoms with Crippen LogP contribution in [0.4, 0.5) is 5.69 Å². The van der Waals surface area contributed by atoms with Gasteiger partial charge in [0.25, 0.3) is 5.56 Å². The normalized spacial score (nSPS) is 10.1. The Morgan fingerprint density at radius 1 is 1.35 bits per heavy atom. The third-order valence-corrected chi connectivity index (χ3v) is 3.17. The summed E-state index contributed by atoms with van der Waals surface area (Å²) >= 11 is 0. The zero-order valence-electron chi connectivity index (χ0n) is 11.6. The molecule has 0 saturated carbocycles. The van der Waals surface area contributed by atoms with E-state index in [0.717, 1.165) is 5.56 Å². The maximum absolute atomic E-state index is 11.9. The number of hydrogen-bond acceptors (Lipinski definition) is 4. The maximum Gasteiger partial charge on any atom is 0.286 e. The molecule has 1 heterocycles. The minimum atomic E-state index is -0.364. The summed E-state index contributed by atoms with van der Waals surface area (Å²) in [7, 11) is 1.54. The van der Waals surface area contributed by atoms with Crippen LogP contribution in [0.15, 0.2) is 41.3 Å². The van der Waals surface area contributed by atoms with Gasteiger partial charge in [-0.2, -0.15) is 10.4 Å². The molecule has 2 aromatic rings. The molecule has 20 heavy (non-hydrogen) atoms. The maximum atomic E-state index is 11.9. The smallest absolute Gasteiger partial charge is 0.286 e. The van der Waals surface area contributed by atoms with E-state index >= 15 is 0 Å². The number of hydrogen-bond donors (Lipinski definition) is 0. The number of benzene rings is 1. The van der Waals surface area contributed by atoms with Crippen LogP contribution in [0.3, 0.4) is 0 Å². The van der Waals surface area contributed by atoms with Crippen LogP contribution in [0.25, 0.3) is 0 Å². The van der Waals surface area contributed by atoms with Crippen LogP contribution >= 0.6 is 0 Å². The molecule has 0 bridgehead atoms. The average molecular weight is 268 g/mol. The lowest BCUT2D eigenvalue weighted by Crippen LogP contribution is -2.29. The largest absolute Gasteiger partial charge is 0.365 e. The second-order valence-corrected chi connectivity index (χ2v) is 4.45. The average Bonchev–Trinajstić information content (AvgIpc) is 2.48. The summed E-state index contributed by atoms with van der Waals surface area (Å²) in [6.45, 7) is 3.32. The first-order valence-corrected chi connectivity index (χ1v) is 6.42. The number of anilines is 1. The lowest BCUT2D eigenvalue weighted by Gasteiger charge is -2.23. The summed E-state index contributed by atoms with van der Waals surface area (Å²) in [4.78, 5) is 13.9. The third kappa shape index (κ3) is 2.69. The second-order valence-electron chi connectivity index (χ2n) is 4.45. The summed E-state index contributed by atoms with van der Waals surface area (Å²) in [5.74, 6) is 0. The molecular formula is C15H16N4O. The first kappa shape index (κ1) is 13.8. The molecule has 0 atom stereocenters. The quantitative estimate of drug-likeness (QED) is 0.846. The first-order chi connectivity index (χ1) is 9.67. The molecule has 0 aliphatic rings. The summed E-state index contributed by atoms with van der Waals surface area (Å²) in [5, 5.41) is 13.2. The Morgan fingerprint density at radius 3 is 2.65 bits per heavy atom. The molecule has 0 N–H and O–H groups in total. The van der Waals surface area contributed by atoms with Gasteiger partial charge in [0.2, 0.25) is 0 Å². The summed E-state index contributed by atoms with van der Waals surface area (Å²) in [5.41, 5.74) is 1.48. The standard InChI is InChI=1S/C15H16N4O/c1-3-19(11-12-7-5-4-6-8-12)14-10-17-18(2)15(20)13(14)9-16/h4-8,10H,3,11H2,1-2H3. The zero-order chi connectivity index (χ0) is 14.5. The fourth-order valence-electron chi connectivity index (χ4n) is 2.05. The molecule has 0 unspecified atom stereocenters. The Kier molecular flexibility index (Phi) is 4.16. The van der Waals surface area contributed by atoms with Crippen molar-refractivity contribution in [3.63, 3.8) is 0 Å². The van der Waals surface area contributed by atoms with Crippen LogP contribution in [0.1, 0.15) is 18.1 Å². The minimum absolute atomic E-state index is 0.139. The van der Waals surface area contributed by atoms with Crippen LogP contribution in [-0.2, 0) is 13.6 Å². The molecule has 1 aromatic heterocycles. The molecule has 102 valence electrons. The predicted octanol–water partition coefficient (Wildman–Crippen LogP) is 1.68. The van der Waals surface area contributed by atoms with Crippen molar-refractivity contribution in [1.82, 2.24) is 9.78 Å². The molecule has 5 heteroatoms. The molecule has 0 aliphatic carbocycles. The van der Waals surface area contributed by atoms with Crippen molar-refractivity contribution in [1.29, 1.82) is 5.26 Å². The summed E-state index contributed by atoms with van der Waals surface area (Å²) in [6, 6.07) is 11.9. The molecule has 0 amide bonds. The molecular weight excluding hydrogens is 252 g/mol. The molecule has 1 aromatic carbocycles. The van der Waals surface area contributed by atoms with Gasteiger partial charge in [-0.25, -0.2) is 4.68 Å². The van der Waals surface area contributed by atoms with Crippen LogP contribution < -0.4 is 10.5 Å². The number of nitrogens with zero attached hydrogens (tertiary/aromatic N) is 4. The lowest BCUT2D eigenvalue weighted by molar-refractivity contribution is 0.696. The fraction of sp³-hybridized carbons (Fsp3) is 0.267. The summed E-state index contributed by atoms with van der Waals surface area (Å²) < 4.78 is 1.18. The van der Waals surface area contributed by atoms with E-state index in [4.69, 9.17) is 0 Å². The molecule has 0 saturated heterocycles. The van der Waals surface area contributed by atoms with Crippen molar-refractivity contribution in [2.75, 3.05) is 11.4 Å². The second kappa shape index (κ2) is 6.02. The van der Waals surface area contributed by atoms with Crippen molar-refractivity contribution in [3.05, 3.63) is 58.0 Å².